The number of nitrogens with two attached hydrogens (primary N) is 1. The molecule has 12 rings (SSSR count). The molecule has 0 unspecified atom stereocenters. The van der Waals surface area contributed by atoms with E-state index in [-0.39, 0.29) is 34.6 Å². The molecule has 0 bridgehead atoms. The maximum atomic E-state index is 14.8. The number of aldehydes is 1. The molecule has 21 heteroatoms. The predicted octanol–water partition coefficient (Wildman–Crippen LogP) is 8.19. The number of H-pyrrole nitrogens is 2. The van der Waals surface area contributed by atoms with Crippen molar-refractivity contribution in [2.45, 2.75) is 44.3 Å². The van der Waals surface area contributed by atoms with E-state index in [0.717, 1.165) is 44.5 Å². The van der Waals surface area contributed by atoms with Crippen LogP contribution in [0.5, 0.6) is 11.8 Å². The Hall–Kier alpha value is -8.43. The van der Waals surface area contributed by atoms with Crippen molar-refractivity contribution in [2.24, 2.45) is 5.73 Å². The second-order valence-electron chi connectivity index (χ2n) is 17.6. The van der Waals surface area contributed by atoms with Gasteiger partial charge < -0.3 is 49.1 Å². The number of nitrogens with zero attached hydrogens (tertiary/aromatic N) is 6. The molecule has 2 fully saturated rings. The van der Waals surface area contributed by atoms with Gasteiger partial charge in [0.05, 0.1) is 54.2 Å². The van der Waals surface area contributed by atoms with E-state index in [1.165, 1.54) is 62.0 Å². The van der Waals surface area contributed by atoms with E-state index < -0.39 is 28.7 Å². The molecular weight excluding hydrogens is 953 g/mol. The van der Waals surface area contributed by atoms with Crippen LogP contribution >= 0.6 is 0 Å². The molecule has 0 atom stereocenters. The minimum Gasteiger partial charge on any atom is -0.481 e. The third-order valence-electron chi connectivity index (χ3n) is 13.0. The zero-order valence-corrected chi connectivity index (χ0v) is 39.3. The smallest absolute Gasteiger partial charge is 0.360 e. The molecule has 2 aromatic carbocycles. The van der Waals surface area contributed by atoms with Gasteiger partial charge in [-0.05, 0) is 86.3 Å². The molecule has 0 radical (unpaired) electrons. The lowest BCUT2D eigenvalue weighted by Crippen LogP contribution is -2.42. The summed E-state index contributed by atoms with van der Waals surface area (Å²) >= 11 is 0. The minimum atomic E-state index is -0.552. The second kappa shape index (κ2) is 20.4. The van der Waals surface area contributed by atoms with Crippen LogP contribution in [0.4, 0.5) is 28.9 Å². The van der Waals surface area contributed by atoms with Crippen LogP contribution in [0.25, 0.3) is 65.8 Å². The highest BCUT2D eigenvalue weighted by Gasteiger charge is 2.26. The quantitative estimate of drug-likeness (QED) is 0.0640. The van der Waals surface area contributed by atoms with Crippen molar-refractivity contribution in [3.05, 3.63) is 141 Å². The van der Waals surface area contributed by atoms with Crippen molar-refractivity contribution in [1.82, 2.24) is 35.2 Å². The highest BCUT2D eigenvalue weighted by molar-refractivity contribution is 6.05. The number of carbonyl (C=O) groups excluding carboxylic acids is 1. The van der Waals surface area contributed by atoms with Crippen molar-refractivity contribution in [2.75, 3.05) is 50.2 Å². The van der Waals surface area contributed by atoms with E-state index in [0.29, 0.717) is 104 Å². The number of halogens is 4. The number of pyridine rings is 4. The van der Waals surface area contributed by atoms with E-state index in [1.807, 2.05) is 15.9 Å². The van der Waals surface area contributed by atoms with Gasteiger partial charge in [-0.15, -0.1) is 0 Å². The van der Waals surface area contributed by atoms with E-state index in [2.05, 4.69) is 35.2 Å². The Balaban J connectivity index is 0.000000139. The number of ether oxygens (including phenoxy) is 2. The van der Waals surface area contributed by atoms with Gasteiger partial charge in [0, 0.05) is 78.8 Å². The number of carbonyl (C=O) groups is 1. The van der Waals surface area contributed by atoms with Crippen LogP contribution in [0.3, 0.4) is 0 Å². The van der Waals surface area contributed by atoms with Crippen molar-refractivity contribution in [3.8, 4) is 11.8 Å². The van der Waals surface area contributed by atoms with Crippen LogP contribution in [0, 0.1) is 23.3 Å². The number of hydrogen-bond acceptors (Lipinski definition) is 15. The first-order chi connectivity index (χ1) is 35.4. The molecule has 73 heavy (non-hydrogen) atoms. The number of piperidine rings is 2. The zero-order valence-electron chi connectivity index (χ0n) is 39.3. The zero-order chi connectivity index (χ0) is 50.9. The van der Waals surface area contributed by atoms with Crippen LogP contribution in [0.2, 0.25) is 0 Å². The molecule has 5 N–H and O–H groups in total. The number of methoxy groups -OCH3 is 2. The van der Waals surface area contributed by atoms with Gasteiger partial charge in [0.25, 0.3) is 0 Å². The number of anilines is 2. The molecule has 374 valence electrons. The Bertz CT molecular complexity index is 3830. The Labute approximate surface area is 410 Å². The van der Waals surface area contributed by atoms with Gasteiger partial charge in [-0.25, -0.2) is 37.1 Å². The molecule has 0 aliphatic carbocycles. The minimum absolute atomic E-state index is 0.199. The Morgan fingerprint density at radius 3 is 1.79 bits per heavy atom. The molecule has 2 saturated heterocycles. The summed E-state index contributed by atoms with van der Waals surface area (Å²) in [5.74, 6) is -0.716. The lowest BCUT2D eigenvalue weighted by molar-refractivity contribution is 0.111. The average Bonchev–Trinajstić information content (AvgIpc) is 4.06. The van der Waals surface area contributed by atoms with Gasteiger partial charge in [0.2, 0.25) is 11.8 Å². The molecule has 0 saturated carbocycles. The highest BCUT2D eigenvalue weighted by atomic mass is 19.1. The summed E-state index contributed by atoms with van der Waals surface area (Å²) in [4.78, 5) is 61.5. The average molecular weight is 999 g/mol. The first kappa shape index (κ1) is 48.2. The number of benzene rings is 2. The molecular formula is C52H46F4N10O7. The third-order valence-corrected chi connectivity index (χ3v) is 13.0. The van der Waals surface area contributed by atoms with Crippen LogP contribution in [-0.4, -0.2) is 88.7 Å². The maximum absolute atomic E-state index is 14.8. The molecule has 8 aromatic heterocycles. The summed E-state index contributed by atoms with van der Waals surface area (Å²) in [6.45, 7) is 3.26. The third kappa shape index (κ3) is 9.83. The van der Waals surface area contributed by atoms with Crippen LogP contribution in [0.1, 0.15) is 41.9 Å². The molecule has 2 aliphatic rings. The summed E-state index contributed by atoms with van der Waals surface area (Å²) in [6, 6.07) is 18.6. The summed E-state index contributed by atoms with van der Waals surface area (Å²) in [5.41, 5.74) is 10.5. The normalized spacial score (nSPS) is 14.5. The molecule has 0 spiro atoms. The number of aromatic nitrogens is 6. The van der Waals surface area contributed by atoms with Gasteiger partial charge >= 0.3 is 11.3 Å². The van der Waals surface area contributed by atoms with Gasteiger partial charge in [0.1, 0.15) is 50.7 Å². The van der Waals surface area contributed by atoms with Gasteiger partial charge in [-0.3, -0.25) is 14.8 Å². The molecule has 10 aromatic rings. The van der Waals surface area contributed by atoms with Crippen LogP contribution in [-0.2, 0) is 6.54 Å². The topological polar surface area (TPSA) is 224 Å². The standard InChI is InChI=1S/C26H23F2N5O3.C14H17FN4O.C12H6FNO3/c1-35-22-5-3-20-24(32-22)25(19(28)13-30-20)33-8-6-15(7-9-33)29-12-16-11-18-17-10-14(27)2-4-21(17)36-26(34)23(18)31-16;1-20-12-3-2-11-13(18-12)14(10(15)8-17-11)19-6-4-9(16)5-7-19;13-6-1-2-10-8(3-6)11-9(12(16)17-10)4-7(5-15)14-11/h2-5,10-11,13,15,29,31H,6-9,12H2,1H3;2-3,8-9H,4-7,16H2,1H3;1-5,14H. The molecule has 17 nitrogen and oxygen atoms in total. The molecule has 10 heterocycles. The van der Waals surface area contributed by atoms with E-state index in [9.17, 15) is 31.9 Å². The second-order valence-corrected chi connectivity index (χ2v) is 17.6. The Morgan fingerprint density at radius 2 is 1.22 bits per heavy atom. The molecule has 2 aliphatic heterocycles. The predicted molar refractivity (Wildman–Crippen MR) is 268 cm³/mol. The number of nitrogens with one attached hydrogen (secondary N) is 3. The van der Waals surface area contributed by atoms with Crippen LogP contribution in [0.15, 0.2) is 104 Å². The van der Waals surface area contributed by atoms with Gasteiger partial charge in [0.15, 0.2) is 17.9 Å². The lowest BCUT2D eigenvalue weighted by atomic mass is 10.0. The summed E-state index contributed by atoms with van der Waals surface area (Å²) in [5, 5.41) is 5.38. The molecule has 0 amide bonds. The van der Waals surface area contributed by atoms with Gasteiger partial charge in [-0.1, -0.05) is 0 Å². The summed E-state index contributed by atoms with van der Waals surface area (Å²) in [6.07, 6.45) is 6.37. The van der Waals surface area contributed by atoms with E-state index in [4.69, 9.17) is 24.0 Å². The first-order valence-electron chi connectivity index (χ1n) is 23.3. The fourth-order valence-corrected chi connectivity index (χ4v) is 9.32. The number of hydrogen-bond donors (Lipinski definition) is 4. The Morgan fingerprint density at radius 1 is 0.671 bits per heavy atom. The first-order valence-corrected chi connectivity index (χ1v) is 23.3. The SMILES string of the molecule is COc1ccc2ncc(F)c(N3CCC(N)CC3)c2n1.COc1ccc2ncc(F)c(N3CCC(NCc4cc5c([nH]4)c(=O)oc4ccc(F)cc45)CC3)c2n1.O=Cc1cc2c(=O)oc3ccc(F)cc3c2[nH]1. The monoisotopic (exact) mass is 998 g/mol. The van der Waals surface area contributed by atoms with Crippen molar-refractivity contribution in [3.63, 3.8) is 0 Å². The maximum Gasteiger partial charge on any atom is 0.360 e. The summed E-state index contributed by atoms with van der Waals surface area (Å²) in [7, 11) is 3.07. The van der Waals surface area contributed by atoms with E-state index in [1.54, 1.807) is 31.4 Å². The van der Waals surface area contributed by atoms with Gasteiger partial charge in [-0.2, -0.15) is 0 Å². The number of rotatable bonds is 8. The number of fused-ring (bicyclic) bond motifs is 8. The fraction of sp³-hybridized carbons (Fsp3) is 0.250. The highest BCUT2D eigenvalue weighted by Crippen LogP contribution is 2.33. The van der Waals surface area contributed by atoms with E-state index >= 15 is 0 Å². The summed E-state index contributed by atoms with van der Waals surface area (Å²) < 4.78 is 76.7. The van der Waals surface area contributed by atoms with Crippen molar-refractivity contribution in [1.29, 1.82) is 0 Å². The van der Waals surface area contributed by atoms with Crippen molar-refractivity contribution >= 4 is 83.5 Å². The van der Waals surface area contributed by atoms with Crippen LogP contribution < -0.4 is 41.6 Å². The number of aromatic amines is 2. The van der Waals surface area contributed by atoms with Crippen molar-refractivity contribution < 1.29 is 40.7 Å². The fourth-order valence-electron chi connectivity index (χ4n) is 9.32. The lowest BCUT2D eigenvalue weighted by Gasteiger charge is -2.34. The largest absolute Gasteiger partial charge is 0.481 e. The Kier molecular flexibility index (Phi) is 13.4.